The Bertz CT molecular complexity index is 277. The zero-order chi connectivity index (χ0) is 15.3. The lowest BCUT2D eigenvalue weighted by Crippen LogP contribution is -2.48. The summed E-state index contributed by atoms with van der Waals surface area (Å²) in [4.78, 5) is 12.3. The fourth-order valence-electron chi connectivity index (χ4n) is 2.16. The molecule has 4 heteroatoms. The molecule has 0 saturated heterocycles. The van der Waals surface area contributed by atoms with Crippen LogP contribution < -0.4 is 11.1 Å². The smallest absolute Gasteiger partial charge is 0.224 e. The first-order valence-electron chi connectivity index (χ1n) is 7.12. The predicted octanol–water partition coefficient (Wildman–Crippen LogP) is 1.91. The fourth-order valence-corrected chi connectivity index (χ4v) is 2.16. The summed E-state index contributed by atoms with van der Waals surface area (Å²) >= 11 is 0. The molecule has 0 aliphatic rings. The molecule has 2 atom stereocenters. The minimum Gasteiger partial charge on any atom is -0.396 e. The average molecular weight is 272 g/mol. The third-order valence-corrected chi connectivity index (χ3v) is 3.29. The summed E-state index contributed by atoms with van der Waals surface area (Å²) in [5.74, 6) is -0.158. The van der Waals surface area contributed by atoms with E-state index in [1.165, 1.54) is 0 Å². The number of carbonyl (C=O) groups excluding carboxylic acids is 1. The van der Waals surface area contributed by atoms with Gasteiger partial charge < -0.3 is 16.2 Å². The number of hydrogen-bond donors (Lipinski definition) is 3. The lowest BCUT2D eigenvalue weighted by Gasteiger charge is -2.33. The minimum absolute atomic E-state index is 0.00537. The molecule has 0 fully saturated rings. The summed E-state index contributed by atoms with van der Waals surface area (Å²) in [6.07, 6.45) is 1.34. The van der Waals surface area contributed by atoms with E-state index in [0.29, 0.717) is 13.0 Å². The zero-order valence-electron chi connectivity index (χ0n) is 13.4. The van der Waals surface area contributed by atoms with Crippen LogP contribution in [0.3, 0.4) is 0 Å². The largest absolute Gasteiger partial charge is 0.396 e. The molecule has 2 unspecified atom stereocenters. The third-order valence-electron chi connectivity index (χ3n) is 3.29. The summed E-state index contributed by atoms with van der Waals surface area (Å²) in [6.45, 7) is 13.0. The Morgan fingerprint density at radius 3 is 2.05 bits per heavy atom. The first-order chi connectivity index (χ1) is 8.51. The second-order valence-corrected chi connectivity index (χ2v) is 7.64. The summed E-state index contributed by atoms with van der Waals surface area (Å²) in [7, 11) is 0. The van der Waals surface area contributed by atoms with Gasteiger partial charge in [0.15, 0.2) is 0 Å². The molecule has 0 aromatic heterocycles. The van der Waals surface area contributed by atoms with Crippen molar-refractivity contribution in [3.05, 3.63) is 0 Å². The van der Waals surface area contributed by atoms with Gasteiger partial charge in [-0.15, -0.1) is 0 Å². The second kappa shape index (κ2) is 7.25. The van der Waals surface area contributed by atoms with Crippen LogP contribution in [-0.4, -0.2) is 30.2 Å². The first kappa shape index (κ1) is 18.4. The second-order valence-electron chi connectivity index (χ2n) is 7.64. The van der Waals surface area contributed by atoms with E-state index in [-0.39, 0.29) is 35.3 Å². The third kappa shape index (κ3) is 7.53. The van der Waals surface area contributed by atoms with Crippen molar-refractivity contribution >= 4 is 5.91 Å². The van der Waals surface area contributed by atoms with Gasteiger partial charge in [0, 0.05) is 19.2 Å². The highest BCUT2D eigenvalue weighted by Gasteiger charge is 2.29. The van der Waals surface area contributed by atoms with Gasteiger partial charge in [0.1, 0.15) is 0 Å². The molecule has 0 aliphatic heterocycles. The van der Waals surface area contributed by atoms with Gasteiger partial charge in [-0.05, 0) is 23.7 Å². The van der Waals surface area contributed by atoms with Crippen molar-refractivity contribution in [2.45, 2.75) is 60.4 Å². The molecule has 0 spiro atoms. The summed E-state index contributed by atoms with van der Waals surface area (Å²) in [5, 5.41) is 12.2. The number of carbonyl (C=O) groups is 1. The van der Waals surface area contributed by atoms with Gasteiger partial charge in [0.05, 0.1) is 5.92 Å². The minimum atomic E-state index is -0.163. The SMILES string of the molecule is CC(C)(C)CC(CN)C(=O)NC(CCO)C(C)(C)C. The molecule has 0 heterocycles. The monoisotopic (exact) mass is 272 g/mol. The molecule has 0 aromatic carbocycles. The van der Waals surface area contributed by atoms with Gasteiger partial charge in [-0.3, -0.25) is 4.79 Å². The zero-order valence-corrected chi connectivity index (χ0v) is 13.4. The maximum atomic E-state index is 12.3. The van der Waals surface area contributed by atoms with Crippen LogP contribution in [0.15, 0.2) is 0 Å². The van der Waals surface area contributed by atoms with E-state index in [9.17, 15) is 4.79 Å². The van der Waals surface area contributed by atoms with Crippen LogP contribution in [0.5, 0.6) is 0 Å². The first-order valence-corrected chi connectivity index (χ1v) is 7.12. The van der Waals surface area contributed by atoms with E-state index in [0.717, 1.165) is 6.42 Å². The van der Waals surface area contributed by atoms with Crippen molar-refractivity contribution in [3.8, 4) is 0 Å². The molecule has 1 amide bonds. The van der Waals surface area contributed by atoms with Crippen molar-refractivity contribution in [1.29, 1.82) is 0 Å². The molecule has 0 saturated carbocycles. The summed E-state index contributed by atoms with van der Waals surface area (Å²) < 4.78 is 0. The Morgan fingerprint density at radius 1 is 1.21 bits per heavy atom. The van der Waals surface area contributed by atoms with Crippen LogP contribution in [-0.2, 0) is 4.79 Å². The van der Waals surface area contributed by atoms with E-state index in [2.05, 4.69) is 46.9 Å². The van der Waals surface area contributed by atoms with E-state index < -0.39 is 0 Å². The van der Waals surface area contributed by atoms with Crippen molar-refractivity contribution in [1.82, 2.24) is 5.32 Å². The van der Waals surface area contributed by atoms with Gasteiger partial charge in [-0.1, -0.05) is 41.5 Å². The van der Waals surface area contributed by atoms with Gasteiger partial charge in [0.25, 0.3) is 0 Å². The van der Waals surface area contributed by atoms with E-state index in [1.807, 2.05) is 0 Å². The standard InChI is InChI=1S/C15H32N2O2/c1-14(2,3)9-11(10-16)13(19)17-12(7-8-18)15(4,5)6/h11-12,18H,7-10,16H2,1-6H3,(H,17,19). The van der Waals surface area contributed by atoms with Crippen LogP contribution in [0.4, 0.5) is 0 Å². The normalized spacial score (nSPS) is 16.0. The number of aliphatic hydroxyl groups excluding tert-OH is 1. The number of nitrogens with one attached hydrogen (secondary N) is 1. The number of amides is 1. The molecule has 0 bridgehead atoms. The molecular weight excluding hydrogens is 240 g/mol. The molecule has 4 nitrogen and oxygen atoms in total. The van der Waals surface area contributed by atoms with E-state index >= 15 is 0 Å². The van der Waals surface area contributed by atoms with Crippen molar-refractivity contribution in [3.63, 3.8) is 0 Å². The highest BCUT2D eigenvalue weighted by molar-refractivity contribution is 5.79. The van der Waals surface area contributed by atoms with Gasteiger partial charge in [-0.25, -0.2) is 0 Å². The number of nitrogens with two attached hydrogens (primary N) is 1. The molecule has 0 rings (SSSR count). The average Bonchev–Trinajstić information content (AvgIpc) is 2.22. The molecule has 114 valence electrons. The summed E-state index contributed by atoms with van der Waals surface area (Å²) in [5.41, 5.74) is 5.74. The van der Waals surface area contributed by atoms with Crippen molar-refractivity contribution in [2.75, 3.05) is 13.2 Å². The Labute approximate surface area is 118 Å². The van der Waals surface area contributed by atoms with Crippen molar-refractivity contribution in [2.24, 2.45) is 22.5 Å². The predicted molar refractivity (Wildman–Crippen MR) is 79.7 cm³/mol. The van der Waals surface area contributed by atoms with E-state index in [1.54, 1.807) is 0 Å². The van der Waals surface area contributed by atoms with E-state index in [4.69, 9.17) is 10.8 Å². The van der Waals surface area contributed by atoms with Crippen LogP contribution in [0.1, 0.15) is 54.4 Å². The molecule has 0 aromatic rings. The Balaban J connectivity index is 4.69. The lowest BCUT2D eigenvalue weighted by molar-refractivity contribution is -0.127. The highest BCUT2D eigenvalue weighted by atomic mass is 16.3. The van der Waals surface area contributed by atoms with Crippen LogP contribution >= 0.6 is 0 Å². The van der Waals surface area contributed by atoms with Crippen LogP contribution in [0.25, 0.3) is 0 Å². The van der Waals surface area contributed by atoms with Crippen LogP contribution in [0, 0.1) is 16.7 Å². The van der Waals surface area contributed by atoms with Crippen molar-refractivity contribution < 1.29 is 9.90 Å². The number of hydrogen-bond acceptors (Lipinski definition) is 3. The summed E-state index contributed by atoms with van der Waals surface area (Å²) in [6, 6.07) is -0.0287. The topological polar surface area (TPSA) is 75.4 Å². The quantitative estimate of drug-likeness (QED) is 0.691. The van der Waals surface area contributed by atoms with Gasteiger partial charge in [-0.2, -0.15) is 0 Å². The molecule has 19 heavy (non-hydrogen) atoms. The Kier molecular flexibility index (Phi) is 7.01. The fraction of sp³-hybridized carbons (Fsp3) is 0.933. The maximum absolute atomic E-state index is 12.3. The highest BCUT2D eigenvalue weighted by Crippen LogP contribution is 2.26. The van der Waals surface area contributed by atoms with Gasteiger partial charge >= 0.3 is 0 Å². The molecular formula is C15H32N2O2. The molecule has 4 N–H and O–H groups in total. The number of aliphatic hydroxyl groups is 1. The number of rotatable bonds is 6. The maximum Gasteiger partial charge on any atom is 0.224 e. The van der Waals surface area contributed by atoms with Crippen LogP contribution in [0.2, 0.25) is 0 Å². The molecule has 0 aliphatic carbocycles. The Morgan fingerprint density at radius 2 is 1.74 bits per heavy atom. The lowest BCUT2D eigenvalue weighted by atomic mass is 9.82. The molecule has 0 radical (unpaired) electrons. The Hall–Kier alpha value is -0.610. The van der Waals surface area contributed by atoms with Gasteiger partial charge in [0.2, 0.25) is 5.91 Å².